The molecule has 1 aromatic carbocycles. The van der Waals surface area contributed by atoms with Gasteiger partial charge in [0.2, 0.25) is 0 Å². The number of rotatable bonds is 1. The fourth-order valence-electron chi connectivity index (χ4n) is 1.64. The molecule has 1 unspecified atom stereocenters. The number of aliphatic hydroxyl groups is 1. The number of benzene rings is 1. The highest BCUT2D eigenvalue weighted by molar-refractivity contribution is 5.98. The van der Waals surface area contributed by atoms with Crippen molar-refractivity contribution < 1.29 is 9.90 Å². The van der Waals surface area contributed by atoms with Crippen molar-refractivity contribution >= 4 is 11.6 Å². The Hall–Kier alpha value is -1.86. The first-order valence-electron chi connectivity index (χ1n) is 4.72. The summed E-state index contributed by atoms with van der Waals surface area (Å²) < 4.78 is 0. The lowest BCUT2D eigenvalue weighted by Crippen LogP contribution is -2.28. The second kappa shape index (κ2) is 3.71. The van der Waals surface area contributed by atoms with Crippen LogP contribution in [0, 0.1) is 11.3 Å². The Morgan fingerprint density at radius 2 is 2.07 bits per heavy atom. The van der Waals surface area contributed by atoms with E-state index in [1.54, 1.807) is 24.3 Å². The van der Waals surface area contributed by atoms with Crippen molar-refractivity contribution in [3.63, 3.8) is 0 Å². The summed E-state index contributed by atoms with van der Waals surface area (Å²) in [6, 6.07) is 8.77. The van der Waals surface area contributed by atoms with Crippen LogP contribution < -0.4 is 4.90 Å². The van der Waals surface area contributed by atoms with Crippen molar-refractivity contribution in [3.8, 4) is 6.07 Å². The van der Waals surface area contributed by atoms with Gasteiger partial charge < -0.3 is 10.0 Å². The molecule has 15 heavy (non-hydrogen) atoms. The van der Waals surface area contributed by atoms with Gasteiger partial charge in [-0.05, 0) is 24.3 Å². The van der Waals surface area contributed by atoms with Crippen LogP contribution in [0.1, 0.15) is 12.0 Å². The zero-order valence-electron chi connectivity index (χ0n) is 8.05. The smallest absolute Gasteiger partial charge is 0.255 e. The van der Waals surface area contributed by atoms with E-state index in [0.717, 1.165) is 5.69 Å². The maximum Gasteiger partial charge on any atom is 0.255 e. The summed E-state index contributed by atoms with van der Waals surface area (Å²) in [4.78, 5) is 13.0. The maximum atomic E-state index is 11.5. The predicted molar refractivity (Wildman–Crippen MR) is 54.1 cm³/mol. The van der Waals surface area contributed by atoms with Gasteiger partial charge in [0.1, 0.15) is 6.10 Å². The van der Waals surface area contributed by atoms with Crippen molar-refractivity contribution in [3.05, 3.63) is 29.8 Å². The Kier molecular flexibility index (Phi) is 2.40. The van der Waals surface area contributed by atoms with E-state index < -0.39 is 6.10 Å². The number of hydrogen-bond donors (Lipinski definition) is 1. The second-order valence-corrected chi connectivity index (χ2v) is 3.45. The van der Waals surface area contributed by atoms with Crippen molar-refractivity contribution in [2.45, 2.75) is 12.5 Å². The van der Waals surface area contributed by atoms with Gasteiger partial charge in [-0.2, -0.15) is 5.26 Å². The van der Waals surface area contributed by atoms with Crippen LogP contribution in [0.15, 0.2) is 24.3 Å². The number of nitriles is 1. The van der Waals surface area contributed by atoms with E-state index in [4.69, 9.17) is 5.26 Å². The fraction of sp³-hybridized carbons (Fsp3) is 0.273. The van der Waals surface area contributed by atoms with Crippen molar-refractivity contribution in [1.29, 1.82) is 5.26 Å². The summed E-state index contributed by atoms with van der Waals surface area (Å²) in [6.07, 6.45) is -0.403. The van der Waals surface area contributed by atoms with Crippen molar-refractivity contribution in [1.82, 2.24) is 0 Å². The van der Waals surface area contributed by atoms with Crippen LogP contribution in [-0.4, -0.2) is 23.7 Å². The summed E-state index contributed by atoms with van der Waals surface area (Å²) in [5.41, 5.74) is 1.29. The average Bonchev–Trinajstić information content (AvgIpc) is 2.60. The number of amides is 1. The molecule has 76 valence electrons. The number of carbonyl (C=O) groups excluding carboxylic acids is 1. The van der Waals surface area contributed by atoms with E-state index >= 15 is 0 Å². The normalized spacial score (nSPS) is 20.4. The predicted octanol–water partition coefficient (Wildman–Crippen LogP) is 0.656. The quantitative estimate of drug-likeness (QED) is 0.727. The van der Waals surface area contributed by atoms with Crippen LogP contribution in [0.5, 0.6) is 0 Å². The molecule has 1 saturated heterocycles. The molecule has 1 aliphatic rings. The lowest BCUT2D eigenvalue weighted by atomic mass is 10.2. The molecule has 0 spiro atoms. The van der Waals surface area contributed by atoms with Gasteiger partial charge in [-0.15, -0.1) is 0 Å². The summed E-state index contributed by atoms with van der Waals surface area (Å²) in [7, 11) is 0. The highest BCUT2D eigenvalue weighted by Crippen LogP contribution is 2.21. The summed E-state index contributed by atoms with van der Waals surface area (Å²) in [5.74, 6) is -0.264. The molecule has 0 bridgehead atoms. The minimum absolute atomic E-state index is 0.264. The van der Waals surface area contributed by atoms with Gasteiger partial charge in [-0.25, -0.2) is 0 Å². The lowest BCUT2D eigenvalue weighted by molar-refractivity contribution is -0.123. The summed E-state index contributed by atoms with van der Waals surface area (Å²) in [6.45, 7) is 0.534. The molecule has 1 aliphatic heterocycles. The molecule has 0 radical (unpaired) electrons. The largest absolute Gasteiger partial charge is 0.383 e. The van der Waals surface area contributed by atoms with E-state index in [9.17, 15) is 9.90 Å². The average molecular weight is 202 g/mol. The Balaban J connectivity index is 2.24. The molecule has 0 saturated carbocycles. The van der Waals surface area contributed by atoms with Crippen LogP contribution in [0.3, 0.4) is 0 Å². The van der Waals surface area contributed by atoms with Gasteiger partial charge in [-0.3, -0.25) is 4.79 Å². The highest BCUT2D eigenvalue weighted by Gasteiger charge is 2.30. The minimum atomic E-state index is -0.874. The van der Waals surface area contributed by atoms with Crippen LogP contribution in [0.4, 0.5) is 5.69 Å². The van der Waals surface area contributed by atoms with Gasteiger partial charge in [-0.1, -0.05) is 0 Å². The molecular weight excluding hydrogens is 192 g/mol. The molecular formula is C11H10N2O2. The third-order valence-corrected chi connectivity index (χ3v) is 2.49. The Labute approximate surface area is 87.4 Å². The molecule has 0 aliphatic carbocycles. The number of carbonyl (C=O) groups is 1. The summed E-state index contributed by atoms with van der Waals surface area (Å²) >= 11 is 0. The number of hydrogen-bond acceptors (Lipinski definition) is 3. The third kappa shape index (κ3) is 1.69. The maximum absolute atomic E-state index is 11.5. The zero-order chi connectivity index (χ0) is 10.8. The Morgan fingerprint density at radius 3 is 2.53 bits per heavy atom. The monoisotopic (exact) mass is 202 g/mol. The molecule has 2 rings (SSSR count). The van der Waals surface area contributed by atoms with Crippen LogP contribution in [0.2, 0.25) is 0 Å². The number of nitrogens with zero attached hydrogens (tertiary/aromatic N) is 2. The first-order chi connectivity index (χ1) is 7.22. The van der Waals surface area contributed by atoms with E-state index in [1.165, 1.54) is 4.90 Å². The molecule has 1 N–H and O–H groups in total. The van der Waals surface area contributed by atoms with Crippen LogP contribution >= 0.6 is 0 Å². The van der Waals surface area contributed by atoms with Crippen molar-refractivity contribution in [2.75, 3.05) is 11.4 Å². The van der Waals surface area contributed by atoms with Gasteiger partial charge in [0.15, 0.2) is 0 Å². The standard InChI is InChI=1S/C11H10N2O2/c12-7-8-1-3-9(4-2-8)13-6-5-10(14)11(13)15/h1-4,10,14H,5-6H2. The molecule has 1 atom stereocenters. The minimum Gasteiger partial charge on any atom is -0.383 e. The van der Waals surface area contributed by atoms with Crippen LogP contribution in [-0.2, 0) is 4.79 Å². The molecule has 1 fully saturated rings. The van der Waals surface area contributed by atoms with Crippen molar-refractivity contribution in [2.24, 2.45) is 0 Å². The second-order valence-electron chi connectivity index (χ2n) is 3.45. The molecule has 4 heteroatoms. The highest BCUT2D eigenvalue weighted by atomic mass is 16.3. The van der Waals surface area contributed by atoms with Gasteiger partial charge in [0, 0.05) is 18.7 Å². The van der Waals surface area contributed by atoms with E-state index in [1.807, 2.05) is 6.07 Å². The van der Waals surface area contributed by atoms with E-state index in [0.29, 0.717) is 18.5 Å². The topological polar surface area (TPSA) is 64.3 Å². The number of aliphatic hydroxyl groups excluding tert-OH is 1. The Morgan fingerprint density at radius 1 is 1.40 bits per heavy atom. The fourth-order valence-corrected chi connectivity index (χ4v) is 1.64. The van der Waals surface area contributed by atoms with Crippen LogP contribution in [0.25, 0.3) is 0 Å². The molecule has 0 aromatic heterocycles. The molecule has 1 aromatic rings. The van der Waals surface area contributed by atoms with E-state index in [-0.39, 0.29) is 5.91 Å². The first kappa shape index (κ1) is 9.69. The zero-order valence-corrected chi connectivity index (χ0v) is 8.05. The van der Waals surface area contributed by atoms with Gasteiger partial charge in [0.05, 0.1) is 11.6 Å². The van der Waals surface area contributed by atoms with Gasteiger partial charge in [0.25, 0.3) is 5.91 Å². The molecule has 1 heterocycles. The molecule has 4 nitrogen and oxygen atoms in total. The first-order valence-corrected chi connectivity index (χ1v) is 4.72. The number of anilines is 1. The summed E-state index contributed by atoms with van der Waals surface area (Å²) in [5, 5.41) is 17.9. The third-order valence-electron chi connectivity index (χ3n) is 2.49. The van der Waals surface area contributed by atoms with Gasteiger partial charge >= 0.3 is 0 Å². The van der Waals surface area contributed by atoms with E-state index in [2.05, 4.69) is 0 Å². The SMILES string of the molecule is N#Cc1ccc(N2CCC(O)C2=O)cc1. The Bertz CT molecular complexity index is 419. The molecule has 1 amide bonds. The lowest BCUT2D eigenvalue weighted by Gasteiger charge is -2.15.